The van der Waals surface area contributed by atoms with Crippen molar-refractivity contribution in [2.75, 3.05) is 12.0 Å². The number of amides is 2. The Bertz CT molecular complexity index is 1360. The van der Waals surface area contributed by atoms with E-state index in [4.69, 9.17) is 4.74 Å². The molecule has 2 amide bonds. The van der Waals surface area contributed by atoms with Gasteiger partial charge in [-0.1, -0.05) is 18.2 Å². The Kier molecular flexibility index (Phi) is 5.17. The van der Waals surface area contributed by atoms with Gasteiger partial charge in [0.2, 0.25) is 5.91 Å². The number of ether oxygens (including phenoxy) is 1. The summed E-state index contributed by atoms with van der Waals surface area (Å²) in [5, 5.41) is 5.91. The maximum atomic E-state index is 13.7. The molecule has 8 heteroatoms. The van der Waals surface area contributed by atoms with Gasteiger partial charge >= 0.3 is 0 Å². The molecule has 0 bridgehead atoms. The predicted molar refractivity (Wildman–Crippen MR) is 126 cm³/mol. The van der Waals surface area contributed by atoms with Gasteiger partial charge in [-0.3, -0.25) is 14.5 Å². The number of hydrogen-bond donors (Lipinski definition) is 1. The van der Waals surface area contributed by atoms with Crippen molar-refractivity contribution < 1.29 is 18.7 Å². The first-order chi connectivity index (χ1) is 15.9. The minimum absolute atomic E-state index is 0.247. The summed E-state index contributed by atoms with van der Waals surface area (Å²) >= 11 is 1.53. The average molecular weight is 464 g/mol. The van der Waals surface area contributed by atoms with Gasteiger partial charge in [0.1, 0.15) is 27.6 Å². The molecule has 0 saturated heterocycles. The Morgan fingerprint density at radius 2 is 1.94 bits per heavy atom. The first-order valence-corrected chi connectivity index (χ1v) is 11.4. The van der Waals surface area contributed by atoms with Gasteiger partial charge in [0.15, 0.2) is 0 Å². The number of fused-ring (bicyclic) bond motifs is 3. The van der Waals surface area contributed by atoms with Crippen LogP contribution in [-0.4, -0.2) is 29.0 Å². The van der Waals surface area contributed by atoms with Crippen molar-refractivity contribution in [3.05, 3.63) is 83.1 Å². The second kappa shape index (κ2) is 8.04. The number of carbonyl (C=O) groups is 2. The van der Waals surface area contributed by atoms with Crippen molar-refractivity contribution in [2.45, 2.75) is 25.6 Å². The topological polar surface area (TPSA) is 63.6 Å². The predicted octanol–water partition coefficient (Wildman–Crippen LogP) is 4.59. The molecule has 0 radical (unpaired) electrons. The minimum atomic E-state index is -1.24. The number of nitrogens with zero attached hydrogens (tertiary/aromatic N) is 2. The van der Waals surface area contributed by atoms with Crippen LogP contribution in [-0.2, 0) is 17.9 Å². The smallest absolute Gasteiger partial charge is 0.275 e. The number of methoxy groups -OCH3 is 1. The quantitative estimate of drug-likeness (QED) is 0.471. The van der Waals surface area contributed by atoms with Crippen molar-refractivity contribution in [2.24, 2.45) is 0 Å². The van der Waals surface area contributed by atoms with E-state index in [1.165, 1.54) is 40.5 Å². The fraction of sp³-hybridized carbons (Fsp3) is 0.200. The standard InChI is InChI=1S/C25H22FN3O3S/c1-25(24(31)27-14-17-5-3-4-6-21(17)32-2)15-28-20(13-16-11-12-33-23(16)28)22(30)29(25)19-9-7-18(26)8-10-19/h3-13H,14-15H2,1-2H3,(H,27,31)/t25-/m1/s1. The Hall–Kier alpha value is -3.65. The van der Waals surface area contributed by atoms with Crippen LogP contribution in [0.15, 0.2) is 66.0 Å². The van der Waals surface area contributed by atoms with E-state index >= 15 is 0 Å². The maximum absolute atomic E-state index is 13.7. The third kappa shape index (κ3) is 3.47. The van der Waals surface area contributed by atoms with Crippen molar-refractivity contribution in [1.82, 2.24) is 9.88 Å². The zero-order valence-corrected chi connectivity index (χ0v) is 19.0. The van der Waals surface area contributed by atoms with Crippen LogP contribution in [0.2, 0.25) is 0 Å². The van der Waals surface area contributed by atoms with Crippen LogP contribution in [0.5, 0.6) is 5.75 Å². The fourth-order valence-electron chi connectivity index (χ4n) is 4.41. The number of thiophene rings is 1. The molecule has 1 aliphatic rings. The van der Waals surface area contributed by atoms with E-state index < -0.39 is 11.4 Å². The Balaban J connectivity index is 1.55. The van der Waals surface area contributed by atoms with Gasteiger partial charge in [0.05, 0.1) is 13.7 Å². The van der Waals surface area contributed by atoms with Crippen LogP contribution in [0.25, 0.3) is 10.2 Å². The summed E-state index contributed by atoms with van der Waals surface area (Å²) < 4.78 is 20.9. The molecule has 1 aliphatic heterocycles. The molecule has 0 aliphatic carbocycles. The van der Waals surface area contributed by atoms with Crippen LogP contribution in [0.1, 0.15) is 23.0 Å². The van der Waals surface area contributed by atoms with E-state index in [0.29, 0.717) is 17.1 Å². The molecular formula is C25H22FN3O3S. The number of hydrogen-bond acceptors (Lipinski definition) is 4. The van der Waals surface area contributed by atoms with Gasteiger partial charge < -0.3 is 14.6 Å². The lowest BCUT2D eigenvalue weighted by atomic mass is 9.93. The number of aromatic nitrogens is 1. The largest absolute Gasteiger partial charge is 0.496 e. The summed E-state index contributed by atoms with van der Waals surface area (Å²) in [7, 11) is 1.58. The molecule has 4 aromatic rings. The average Bonchev–Trinajstić information content (AvgIpc) is 3.41. The van der Waals surface area contributed by atoms with Crippen molar-refractivity contribution >= 4 is 39.1 Å². The van der Waals surface area contributed by atoms with Gasteiger partial charge in [-0.2, -0.15) is 0 Å². The zero-order valence-electron chi connectivity index (χ0n) is 18.2. The van der Waals surface area contributed by atoms with E-state index in [1.54, 1.807) is 14.0 Å². The van der Waals surface area contributed by atoms with Crippen LogP contribution in [0.3, 0.4) is 0 Å². The van der Waals surface area contributed by atoms with E-state index in [0.717, 1.165) is 15.8 Å². The summed E-state index contributed by atoms with van der Waals surface area (Å²) in [6.07, 6.45) is 0. The monoisotopic (exact) mass is 463 g/mol. The molecule has 0 saturated carbocycles. The third-order valence-corrected chi connectivity index (χ3v) is 7.04. The van der Waals surface area contributed by atoms with Crippen LogP contribution in [0.4, 0.5) is 10.1 Å². The first kappa shape index (κ1) is 21.2. The molecule has 2 aromatic carbocycles. The molecular weight excluding hydrogens is 441 g/mol. The molecule has 0 spiro atoms. The Labute approximate surface area is 194 Å². The highest BCUT2D eigenvalue weighted by molar-refractivity contribution is 7.16. The molecule has 3 heterocycles. The minimum Gasteiger partial charge on any atom is -0.496 e. The highest BCUT2D eigenvalue weighted by atomic mass is 32.1. The maximum Gasteiger partial charge on any atom is 0.275 e. The molecule has 168 valence electrons. The van der Waals surface area contributed by atoms with Crippen LogP contribution < -0.4 is 15.0 Å². The Morgan fingerprint density at radius 3 is 2.70 bits per heavy atom. The highest BCUT2D eigenvalue weighted by Gasteiger charge is 2.48. The number of carbonyl (C=O) groups excluding carboxylic acids is 2. The molecule has 2 aromatic heterocycles. The molecule has 0 fully saturated rings. The fourth-order valence-corrected chi connectivity index (χ4v) is 5.30. The van der Waals surface area contributed by atoms with Gasteiger partial charge in [-0.05, 0) is 54.8 Å². The lowest BCUT2D eigenvalue weighted by Gasteiger charge is -2.44. The number of rotatable bonds is 5. The van der Waals surface area contributed by atoms with Crippen LogP contribution in [0, 0.1) is 5.82 Å². The second-order valence-electron chi connectivity index (χ2n) is 8.18. The SMILES string of the molecule is COc1ccccc1CNC(=O)[C@@]1(C)Cn2c(cc3ccsc32)C(=O)N1c1ccc(F)cc1. The lowest BCUT2D eigenvalue weighted by molar-refractivity contribution is -0.126. The van der Waals surface area contributed by atoms with Crippen LogP contribution >= 0.6 is 11.3 Å². The summed E-state index contributed by atoms with van der Waals surface area (Å²) in [6, 6.07) is 16.9. The first-order valence-electron chi connectivity index (χ1n) is 10.5. The molecule has 1 atom stereocenters. The number of nitrogens with one attached hydrogen (secondary N) is 1. The lowest BCUT2D eigenvalue weighted by Crippen LogP contribution is -2.64. The van der Waals surface area contributed by atoms with Crippen molar-refractivity contribution in [1.29, 1.82) is 0 Å². The van der Waals surface area contributed by atoms with Gasteiger partial charge in [-0.15, -0.1) is 11.3 Å². The molecule has 1 N–H and O–H groups in total. The van der Waals surface area contributed by atoms with Gasteiger partial charge in [0.25, 0.3) is 5.91 Å². The van der Waals surface area contributed by atoms with Gasteiger partial charge in [-0.25, -0.2) is 4.39 Å². The summed E-state index contributed by atoms with van der Waals surface area (Å²) in [5.74, 6) is -0.346. The highest BCUT2D eigenvalue weighted by Crippen LogP contribution is 2.37. The summed E-state index contributed by atoms with van der Waals surface area (Å²) in [5.41, 5.74) is 0.568. The van der Waals surface area contributed by atoms with Crippen molar-refractivity contribution in [3.63, 3.8) is 0 Å². The third-order valence-electron chi connectivity index (χ3n) is 6.09. The zero-order chi connectivity index (χ0) is 23.2. The normalized spacial score (nSPS) is 17.8. The molecule has 5 rings (SSSR count). The van der Waals surface area contributed by atoms with Gasteiger partial charge in [0, 0.05) is 23.2 Å². The van der Waals surface area contributed by atoms with E-state index in [1.807, 2.05) is 46.3 Å². The number of benzene rings is 2. The Morgan fingerprint density at radius 1 is 1.18 bits per heavy atom. The number of anilines is 1. The number of para-hydroxylation sites is 1. The van der Waals surface area contributed by atoms with E-state index in [9.17, 15) is 14.0 Å². The number of halogens is 1. The van der Waals surface area contributed by atoms with E-state index in [2.05, 4.69) is 5.32 Å². The molecule has 33 heavy (non-hydrogen) atoms. The van der Waals surface area contributed by atoms with E-state index in [-0.39, 0.29) is 24.9 Å². The van der Waals surface area contributed by atoms with Crippen molar-refractivity contribution in [3.8, 4) is 5.75 Å². The second-order valence-corrected chi connectivity index (χ2v) is 9.08. The summed E-state index contributed by atoms with van der Waals surface area (Å²) in [6.45, 7) is 2.26. The summed E-state index contributed by atoms with van der Waals surface area (Å²) in [4.78, 5) is 29.8. The molecule has 6 nitrogen and oxygen atoms in total. The molecule has 0 unspecified atom stereocenters.